The second kappa shape index (κ2) is 5.47. The van der Waals surface area contributed by atoms with Gasteiger partial charge in [-0.25, -0.2) is 4.79 Å². The lowest BCUT2D eigenvalue weighted by Gasteiger charge is -2.45. The summed E-state index contributed by atoms with van der Waals surface area (Å²) < 4.78 is 11.4. The highest BCUT2D eigenvalue weighted by atomic mass is 16.8. The van der Waals surface area contributed by atoms with E-state index in [1.807, 2.05) is 30.3 Å². The molecule has 2 amide bonds. The van der Waals surface area contributed by atoms with Crippen LogP contribution < -0.4 is 10.1 Å². The summed E-state index contributed by atoms with van der Waals surface area (Å²) in [4.78, 5) is 13.8. The van der Waals surface area contributed by atoms with E-state index in [2.05, 4.69) is 5.32 Å². The average Bonchev–Trinajstić information content (AvgIpc) is 2.59. The van der Waals surface area contributed by atoms with Gasteiger partial charge in [0.05, 0.1) is 18.2 Å². The number of aliphatic hydroxyl groups is 1. The molecule has 0 radical (unpaired) electrons. The van der Waals surface area contributed by atoms with Crippen molar-refractivity contribution in [3.8, 4) is 5.75 Å². The van der Waals surface area contributed by atoms with E-state index >= 15 is 0 Å². The molecule has 0 aromatic heterocycles. The number of ether oxygens (including phenoxy) is 2. The molecular formula is C19H20N2O4. The predicted octanol–water partition coefficient (Wildman–Crippen LogP) is 2.88. The summed E-state index contributed by atoms with van der Waals surface area (Å²) in [6, 6.07) is 10.9. The van der Waals surface area contributed by atoms with Gasteiger partial charge in [0, 0.05) is 18.3 Å². The summed E-state index contributed by atoms with van der Waals surface area (Å²) in [5.74, 6) is -1.41. The van der Waals surface area contributed by atoms with Gasteiger partial charge in [-0.2, -0.15) is 0 Å². The van der Waals surface area contributed by atoms with Crippen molar-refractivity contribution >= 4 is 16.8 Å². The van der Waals surface area contributed by atoms with Crippen molar-refractivity contribution < 1.29 is 19.4 Å². The number of hydrogen-bond donors (Lipinski definition) is 2. The van der Waals surface area contributed by atoms with Gasteiger partial charge in [-0.05, 0) is 30.7 Å². The van der Waals surface area contributed by atoms with Gasteiger partial charge in [-0.3, -0.25) is 0 Å². The monoisotopic (exact) mass is 340 g/mol. The smallest absolute Gasteiger partial charge is 0.354 e. The third-order valence-corrected chi connectivity index (χ3v) is 4.90. The van der Waals surface area contributed by atoms with E-state index in [4.69, 9.17) is 9.47 Å². The van der Waals surface area contributed by atoms with Crippen LogP contribution in [0.25, 0.3) is 10.8 Å². The highest BCUT2D eigenvalue weighted by Crippen LogP contribution is 2.48. The summed E-state index contributed by atoms with van der Waals surface area (Å²) >= 11 is 0. The molecule has 6 nitrogen and oxygen atoms in total. The third kappa shape index (κ3) is 2.22. The van der Waals surface area contributed by atoms with Crippen LogP contribution in [-0.2, 0) is 4.74 Å². The van der Waals surface area contributed by atoms with E-state index in [9.17, 15) is 9.90 Å². The third-order valence-electron chi connectivity index (χ3n) is 4.90. The number of fused-ring (bicyclic) bond motifs is 5. The van der Waals surface area contributed by atoms with Crippen LogP contribution in [0.2, 0.25) is 0 Å². The quantitative estimate of drug-likeness (QED) is 0.825. The molecule has 130 valence electrons. The van der Waals surface area contributed by atoms with Crippen LogP contribution in [0.3, 0.4) is 0 Å². The first-order valence-corrected chi connectivity index (χ1v) is 8.28. The molecular weight excluding hydrogens is 320 g/mol. The Bertz CT molecular complexity index is 907. The number of rotatable bonds is 2. The van der Waals surface area contributed by atoms with Crippen LogP contribution in [0, 0.1) is 0 Å². The van der Waals surface area contributed by atoms with Crippen LogP contribution in [-0.4, -0.2) is 35.7 Å². The molecule has 0 unspecified atom stereocenters. The topological polar surface area (TPSA) is 71.0 Å². The second-order valence-corrected chi connectivity index (χ2v) is 6.26. The van der Waals surface area contributed by atoms with Crippen molar-refractivity contribution in [3.63, 3.8) is 0 Å². The summed E-state index contributed by atoms with van der Waals surface area (Å²) in [7, 11) is 1.65. The molecule has 4 rings (SSSR count). The van der Waals surface area contributed by atoms with Gasteiger partial charge in [0.15, 0.2) is 0 Å². The van der Waals surface area contributed by atoms with Gasteiger partial charge in [-0.1, -0.05) is 30.3 Å². The molecule has 2 aromatic carbocycles. The van der Waals surface area contributed by atoms with Crippen molar-refractivity contribution in [2.75, 3.05) is 13.7 Å². The van der Waals surface area contributed by atoms with Gasteiger partial charge in [0.2, 0.25) is 0 Å². The maximum absolute atomic E-state index is 12.4. The van der Waals surface area contributed by atoms with Crippen LogP contribution in [0.5, 0.6) is 5.75 Å². The van der Waals surface area contributed by atoms with Crippen molar-refractivity contribution in [3.05, 3.63) is 53.2 Å². The van der Waals surface area contributed by atoms with Gasteiger partial charge in [0.1, 0.15) is 5.75 Å². The Morgan fingerprint density at radius 1 is 1.32 bits per heavy atom. The molecule has 0 saturated heterocycles. The first-order valence-electron chi connectivity index (χ1n) is 8.28. The molecule has 2 aromatic rings. The lowest BCUT2D eigenvalue weighted by Crippen LogP contribution is -2.55. The molecule has 25 heavy (non-hydrogen) atoms. The van der Waals surface area contributed by atoms with Crippen molar-refractivity contribution in [1.29, 1.82) is 0 Å². The molecule has 0 spiro atoms. The summed E-state index contributed by atoms with van der Waals surface area (Å²) in [6.07, 6.45) is 0. The van der Waals surface area contributed by atoms with E-state index in [0.29, 0.717) is 17.0 Å². The minimum absolute atomic E-state index is 0.231. The number of nitrogens with zero attached hydrogens (tertiary/aromatic N) is 1. The zero-order valence-corrected chi connectivity index (χ0v) is 14.4. The Hall–Kier alpha value is -2.57. The van der Waals surface area contributed by atoms with E-state index in [0.717, 1.165) is 16.3 Å². The number of amides is 2. The molecule has 0 fully saturated rings. The summed E-state index contributed by atoms with van der Waals surface area (Å²) in [5.41, 5.74) is 1.95. The fourth-order valence-corrected chi connectivity index (χ4v) is 3.63. The zero-order valence-electron chi connectivity index (χ0n) is 14.4. The van der Waals surface area contributed by atoms with Crippen molar-refractivity contribution in [2.24, 2.45) is 0 Å². The Kier molecular flexibility index (Phi) is 3.49. The number of allylic oxidation sites excluding steroid dienone is 1. The minimum atomic E-state index is -1.92. The van der Waals surface area contributed by atoms with Gasteiger partial charge in [-0.15, -0.1) is 0 Å². The maximum atomic E-state index is 12.4. The molecule has 6 heteroatoms. The van der Waals surface area contributed by atoms with Gasteiger partial charge in [0.25, 0.3) is 0 Å². The zero-order chi connectivity index (χ0) is 17.8. The standard InChI is InChI=1S/C19H20N2O4/c1-4-24-19(23)16-11(2)21(3)18(22)20-17(16)15-13-8-6-5-7-12(13)9-10-14(15)25-19/h5-10,17,23H,4H2,1-3H3,(H,20,22)/t17-,19+/m0/s1. The molecule has 2 aliphatic heterocycles. The maximum Gasteiger partial charge on any atom is 0.354 e. The van der Waals surface area contributed by atoms with Crippen LogP contribution >= 0.6 is 0 Å². The van der Waals surface area contributed by atoms with E-state index in [-0.39, 0.29) is 12.6 Å². The second-order valence-electron chi connectivity index (χ2n) is 6.26. The lowest BCUT2D eigenvalue weighted by atomic mass is 9.87. The van der Waals surface area contributed by atoms with Crippen molar-refractivity contribution in [1.82, 2.24) is 10.2 Å². The fraction of sp³-hybridized carbons (Fsp3) is 0.316. The van der Waals surface area contributed by atoms with E-state index in [1.165, 1.54) is 4.90 Å². The summed E-state index contributed by atoms with van der Waals surface area (Å²) in [6.45, 7) is 3.83. The number of benzene rings is 2. The van der Waals surface area contributed by atoms with Crippen LogP contribution in [0.4, 0.5) is 4.79 Å². The first kappa shape index (κ1) is 15.9. The normalized spacial score (nSPS) is 25.4. The number of carbonyl (C=O) groups excluding carboxylic acids is 1. The molecule has 0 aliphatic carbocycles. The molecule has 2 atom stereocenters. The van der Waals surface area contributed by atoms with Gasteiger partial charge < -0.3 is 24.8 Å². The Balaban J connectivity index is 2.03. The number of hydrogen-bond acceptors (Lipinski definition) is 4. The van der Waals surface area contributed by atoms with E-state index in [1.54, 1.807) is 27.0 Å². The largest absolute Gasteiger partial charge is 0.435 e. The fourth-order valence-electron chi connectivity index (χ4n) is 3.63. The number of nitrogens with one attached hydrogen (secondary N) is 1. The van der Waals surface area contributed by atoms with Crippen LogP contribution in [0.15, 0.2) is 47.7 Å². The highest BCUT2D eigenvalue weighted by Gasteiger charge is 2.51. The minimum Gasteiger partial charge on any atom is -0.435 e. The first-order chi connectivity index (χ1) is 12.0. The highest BCUT2D eigenvalue weighted by molar-refractivity contribution is 5.90. The van der Waals surface area contributed by atoms with Crippen molar-refractivity contribution in [2.45, 2.75) is 25.9 Å². The Morgan fingerprint density at radius 2 is 2.08 bits per heavy atom. The lowest BCUT2D eigenvalue weighted by molar-refractivity contribution is -0.298. The predicted molar refractivity (Wildman–Crippen MR) is 92.9 cm³/mol. The van der Waals surface area contributed by atoms with Crippen LogP contribution in [0.1, 0.15) is 25.5 Å². The molecule has 2 N–H and O–H groups in total. The number of urea groups is 1. The molecule has 0 bridgehead atoms. The SMILES string of the molecule is CCO[C@@]1(O)Oc2ccc3ccccc3c2[C@@H]2NC(=O)N(C)C(C)=C21. The summed E-state index contributed by atoms with van der Waals surface area (Å²) in [5, 5.41) is 16.1. The average molecular weight is 340 g/mol. The molecule has 2 aliphatic rings. The Labute approximate surface area is 145 Å². The van der Waals surface area contributed by atoms with E-state index < -0.39 is 12.0 Å². The Morgan fingerprint density at radius 3 is 2.84 bits per heavy atom. The van der Waals surface area contributed by atoms with Gasteiger partial charge >= 0.3 is 12.0 Å². The number of carbonyl (C=O) groups is 1. The molecule has 2 heterocycles. The molecule has 0 saturated carbocycles.